The number of hydrogen-bond acceptors (Lipinski definition) is 1. The molecular formula is C9H18OSe. The molecule has 0 unspecified atom stereocenters. The Morgan fingerprint density at radius 3 is 2.45 bits per heavy atom. The second kappa shape index (κ2) is 4.97. The van der Waals surface area contributed by atoms with Gasteiger partial charge < -0.3 is 0 Å². The van der Waals surface area contributed by atoms with E-state index in [9.17, 15) is 5.11 Å². The maximum atomic E-state index is 9.50. The molecule has 0 aromatic carbocycles. The van der Waals surface area contributed by atoms with E-state index in [1.165, 1.54) is 18.2 Å². The van der Waals surface area contributed by atoms with Gasteiger partial charge in [0.15, 0.2) is 0 Å². The molecule has 2 heteroatoms. The first-order chi connectivity index (χ1) is 4.98. The predicted octanol–water partition coefficient (Wildman–Crippen LogP) is 2.19. The van der Waals surface area contributed by atoms with Gasteiger partial charge in [0, 0.05) is 0 Å². The van der Waals surface area contributed by atoms with E-state index in [1.54, 1.807) is 0 Å². The molecule has 0 saturated heterocycles. The van der Waals surface area contributed by atoms with Crippen molar-refractivity contribution in [3.63, 3.8) is 0 Å². The van der Waals surface area contributed by atoms with Crippen molar-refractivity contribution in [2.24, 2.45) is 0 Å². The number of hydrogen-bond donors (Lipinski definition) is 1. The first-order valence-corrected chi connectivity index (χ1v) is 6.09. The SMILES string of the molecule is C=C([Se]CCCC)C(C)(C)O. The molecule has 0 aliphatic heterocycles. The van der Waals surface area contributed by atoms with Crippen molar-refractivity contribution in [2.75, 3.05) is 0 Å². The van der Waals surface area contributed by atoms with Gasteiger partial charge in [-0.1, -0.05) is 0 Å². The van der Waals surface area contributed by atoms with E-state index in [2.05, 4.69) is 13.5 Å². The van der Waals surface area contributed by atoms with E-state index in [0.29, 0.717) is 15.0 Å². The number of aliphatic hydroxyl groups is 1. The van der Waals surface area contributed by atoms with Crippen molar-refractivity contribution in [2.45, 2.75) is 44.5 Å². The molecule has 0 fully saturated rings. The Hall–Kier alpha value is 0.219. The Bertz CT molecular complexity index is 124. The molecule has 0 saturated carbocycles. The van der Waals surface area contributed by atoms with Crippen molar-refractivity contribution in [3.05, 3.63) is 11.1 Å². The van der Waals surface area contributed by atoms with Gasteiger partial charge >= 0.3 is 75.6 Å². The third-order valence-corrected chi connectivity index (χ3v) is 4.27. The third kappa shape index (κ3) is 5.48. The summed E-state index contributed by atoms with van der Waals surface area (Å²) in [5.74, 6) is 0. The maximum absolute atomic E-state index is 9.50. The summed E-state index contributed by atoms with van der Waals surface area (Å²) in [6, 6.07) is 0. The van der Waals surface area contributed by atoms with E-state index in [1.807, 2.05) is 13.8 Å². The minimum absolute atomic E-state index is 0.425. The molecule has 11 heavy (non-hydrogen) atoms. The van der Waals surface area contributed by atoms with Gasteiger partial charge in [0.1, 0.15) is 0 Å². The Morgan fingerprint density at radius 1 is 1.55 bits per heavy atom. The van der Waals surface area contributed by atoms with E-state index < -0.39 is 5.60 Å². The molecule has 0 heterocycles. The fraction of sp³-hybridized carbons (Fsp3) is 0.778. The minimum atomic E-state index is -0.659. The summed E-state index contributed by atoms with van der Waals surface area (Å²) in [5, 5.41) is 10.7. The van der Waals surface area contributed by atoms with Crippen LogP contribution in [0.2, 0.25) is 5.32 Å². The van der Waals surface area contributed by atoms with E-state index in [-0.39, 0.29) is 0 Å². The number of unbranched alkanes of at least 4 members (excludes halogenated alkanes) is 1. The third-order valence-electron chi connectivity index (χ3n) is 1.46. The zero-order valence-corrected chi connectivity index (χ0v) is 9.40. The van der Waals surface area contributed by atoms with Crippen LogP contribution in [0.4, 0.5) is 0 Å². The first kappa shape index (κ1) is 11.2. The monoisotopic (exact) mass is 222 g/mol. The van der Waals surface area contributed by atoms with Crippen molar-refractivity contribution in [1.82, 2.24) is 0 Å². The molecule has 0 aromatic rings. The molecule has 0 bridgehead atoms. The van der Waals surface area contributed by atoms with Gasteiger partial charge in [-0.05, 0) is 0 Å². The molecule has 0 aliphatic carbocycles. The summed E-state index contributed by atoms with van der Waals surface area (Å²) in [5.41, 5.74) is -0.659. The van der Waals surface area contributed by atoms with E-state index in [4.69, 9.17) is 0 Å². The summed E-state index contributed by atoms with van der Waals surface area (Å²) in [6.45, 7) is 9.68. The van der Waals surface area contributed by atoms with Crippen LogP contribution < -0.4 is 0 Å². The average molecular weight is 221 g/mol. The normalized spacial score (nSPS) is 11.6. The van der Waals surface area contributed by atoms with Crippen LogP contribution >= 0.6 is 0 Å². The zero-order chi connectivity index (χ0) is 8.91. The van der Waals surface area contributed by atoms with Crippen LogP contribution in [0.1, 0.15) is 33.6 Å². The van der Waals surface area contributed by atoms with Gasteiger partial charge in [-0.25, -0.2) is 0 Å². The fourth-order valence-corrected chi connectivity index (χ4v) is 2.68. The average Bonchev–Trinajstić information content (AvgIpc) is 1.86. The Balaban J connectivity index is 3.54. The van der Waals surface area contributed by atoms with Crippen molar-refractivity contribution in [1.29, 1.82) is 0 Å². The van der Waals surface area contributed by atoms with Gasteiger partial charge in [-0.15, -0.1) is 0 Å². The van der Waals surface area contributed by atoms with Crippen LogP contribution in [0.15, 0.2) is 11.1 Å². The Labute approximate surface area is 76.0 Å². The fourth-order valence-electron chi connectivity index (χ4n) is 0.516. The summed E-state index contributed by atoms with van der Waals surface area (Å²) in [6.07, 6.45) is 2.50. The van der Waals surface area contributed by atoms with Crippen LogP contribution in [0.5, 0.6) is 0 Å². The quantitative estimate of drug-likeness (QED) is 0.557. The standard InChI is InChI=1S/C9H18OSe/c1-5-6-7-11-8(2)9(3,4)10/h10H,2,5-7H2,1,3-4H3. The van der Waals surface area contributed by atoms with Gasteiger partial charge in [-0.2, -0.15) is 0 Å². The second-order valence-electron chi connectivity index (χ2n) is 3.18. The molecule has 0 amide bonds. The van der Waals surface area contributed by atoms with Crippen LogP contribution in [0.3, 0.4) is 0 Å². The van der Waals surface area contributed by atoms with Crippen molar-refractivity contribution >= 4 is 15.0 Å². The summed E-state index contributed by atoms with van der Waals surface area (Å²) < 4.78 is 1.01. The van der Waals surface area contributed by atoms with Crippen LogP contribution in [-0.2, 0) is 0 Å². The number of rotatable bonds is 5. The molecular weight excluding hydrogens is 203 g/mol. The van der Waals surface area contributed by atoms with Gasteiger partial charge in [0.05, 0.1) is 0 Å². The molecule has 0 atom stereocenters. The molecule has 0 radical (unpaired) electrons. The van der Waals surface area contributed by atoms with Gasteiger partial charge in [-0.3, -0.25) is 0 Å². The summed E-state index contributed by atoms with van der Waals surface area (Å²) >= 11 is 0.425. The molecule has 0 rings (SSSR count). The Kier molecular flexibility index (Phi) is 5.07. The molecule has 66 valence electrons. The molecule has 0 spiro atoms. The van der Waals surface area contributed by atoms with Crippen LogP contribution in [0.25, 0.3) is 0 Å². The molecule has 1 N–H and O–H groups in total. The molecule has 0 aromatic heterocycles. The predicted molar refractivity (Wildman–Crippen MR) is 50.9 cm³/mol. The summed E-state index contributed by atoms with van der Waals surface area (Å²) in [7, 11) is 0. The van der Waals surface area contributed by atoms with Crippen molar-refractivity contribution in [3.8, 4) is 0 Å². The van der Waals surface area contributed by atoms with Crippen LogP contribution in [-0.4, -0.2) is 25.7 Å². The topological polar surface area (TPSA) is 20.2 Å². The molecule has 0 aliphatic rings. The van der Waals surface area contributed by atoms with E-state index in [0.717, 1.165) is 4.47 Å². The first-order valence-electron chi connectivity index (χ1n) is 4.03. The Morgan fingerprint density at radius 2 is 2.09 bits per heavy atom. The van der Waals surface area contributed by atoms with E-state index >= 15 is 0 Å². The van der Waals surface area contributed by atoms with Gasteiger partial charge in [0.25, 0.3) is 0 Å². The molecule has 1 nitrogen and oxygen atoms in total. The summed E-state index contributed by atoms with van der Waals surface area (Å²) in [4.78, 5) is 0. The second-order valence-corrected chi connectivity index (χ2v) is 5.68. The van der Waals surface area contributed by atoms with Crippen LogP contribution in [0, 0.1) is 0 Å². The van der Waals surface area contributed by atoms with Gasteiger partial charge in [0.2, 0.25) is 0 Å². The zero-order valence-electron chi connectivity index (χ0n) is 7.68. The van der Waals surface area contributed by atoms with Crippen molar-refractivity contribution < 1.29 is 5.11 Å².